The van der Waals surface area contributed by atoms with Crippen molar-refractivity contribution in [2.24, 2.45) is 5.92 Å². The third-order valence-corrected chi connectivity index (χ3v) is 8.81. The van der Waals surface area contributed by atoms with Crippen LogP contribution < -0.4 is 15.7 Å². The lowest BCUT2D eigenvalue weighted by molar-refractivity contribution is -0.675. The van der Waals surface area contributed by atoms with Gasteiger partial charge in [-0.2, -0.15) is 26.3 Å². The largest absolute Gasteiger partial charge is 0.542 e. The molecule has 1 saturated carbocycles. The summed E-state index contributed by atoms with van der Waals surface area (Å²) < 4.78 is 96.4. The molecule has 4 rings (SSSR count). The summed E-state index contributed by atoms with van der Waals surface area (Å²) in [5.74, 6) is -3.50. The number of aliphatic carboxylic acids is 1. The van der Waals surface area contributed by atoms with E-state index in [2.05, 4.69) is 5.32 Å². The lowest BCUT2D eigenvalue weighted by atomic mass is 9.97. The maximum absolute atomic E-state index is 13.2. The van der Waals surface area contributed by atoms with E-state index in [1.807, 2.05) is 5.32 Å². The minimum atomic E-state index is -5.19. The number of aliphatic hydroxyl groups is 1. The predicted octanol–water partition coefficient (Wildman–Crippen LogP) is 2.01. The van der Waals surface area contributed by atoms with Gasteiger partial charge in [0.05, 0.1) is 26.8 Å². The van der Waals surface area contributed by atoms with Crippen molar-refractivity contribution >= 4 is 33.3 Å². The van der Waals surface area contributed by atoms with Crippen LogP contribution in [0.3, 0.4) is 0 Å². The van der Waals surface area contributed by atoms with Crippen LogP contribution in [0.2, 0.25) is 5.02 Å². The SMILES string of the molecule is O=C(N[C@H](c1ccc(S(=O)(=O)CC2CC2)cc1)C1C[C@@H](O)C[NH2+]1)c1cccc(C(F)(F)F)c1Cl.O=C([O-])C(F)(F)F. The maximum atomic E-state index is 13.2. The monoisotopic (exact) mass is 630 g/mol. The summed E-state index contributed by atoms with van der Waals surface area (Å²) >= 11 is 5.92. The van der Waals surface area contributed by atoms with Gasteiger partial charge in [-0.1, -0.05) is 29.8 Å². The summed E-state index contributed by atoms with van der Waals surface area (Å²) in [5.41, 5.74) is -0.840. The van der Waals surface area contributed by atoms with Crippen LogP contribution in [0.25, 0.3) is 0 Å². The van der Waals surface area contributed by atoms with Gasteiger partial charge >= 0.3 is 12.4 Å². The molecule has 0 aromatic heterocycles. The van der Waals surface area contributed by atoms with Gasteiger partial charge in [-0.15, -0.1) is 0 Å². The lowest BCUT2D eigenvalue weighted by Crippen LogP contribution is -2.89. The molecule has 226 valence electrons. The molecule has 2 aromatic carbocycles. The number of hydrogen-bond acceptors (Lipinski definition) is 6. The Morgan fingerprint density at radius 2 is 1.66 bits per heavy atom. The van der Waals surface area contributed by atoms with Gasteiger partial charge in [-0.3, -0.25) is 4.79 Å². The molecule has 1 aliphatic carbocycles. The number of halogens is 7. The summed E-state index contributed by atoms with van der Waals surface area (Å²) in [5, 5.41) is 22.7. The molecule has 41 heavy (non-hydrogen) atoms. The molecule has 1 saturated heterocycles. The Kier molecular flexibility index (Phi) is 9.99. The van der Waals surface area contributed by atoms with Crippen LogP contribution in [0.4, 0.5) is 26.3 Å². The van der Waals surface area contributed by atoms with E-state index in [0.717, 1.165) is 25.0 Å². The number of carboxylic acid groups (broad SMARTS) is 1. The van der Waals surface area contributed by atoms with Gasteiger partial charge in [0, 0.05) is 6.42 Å². The van der Waals surface area contributed by atoms with Gasteiger partial charge in [-0.25, -0.2) is 8.42 Å². The highest BCUT2D eigenvalue weighted by molar-refractivity contribution is 7.91. The van der Waals surface area contributed by atoms with E-state index in [0.29, 0.717) is 18.5 Å². The Balaban J connectivity index is 0.000000587. The molecule has 0 radical (unpaired) electrons. The number of sulfone groups is 1. The van der Waals surface area contributed by atoms with E-state index in [-0.39, 0.29) is 28.2 Å². The third-order valence-electron chi connectivity index (χ3n) is 6.50. The van der Waals surface area contributed by atoms with E-state index >= 15 is 0 Å². The number of carboxylic acids is 1. The van der Waals surface area contributed by atoms with Gasteiger partial charge in [0.1, 0.15) is 30.7 Å². The maximum Gasteiger partial charge on any atom is 0.430 e. The molecule has 16 heteroatoms. The first-order chi connectivity index (χ1) is 18.9. The standard InChI is InChI=1S/C23H24ClF3N2O4S.C2HF3O2/c24-20-17(2-1-3-18(20)23(25,26)27)22(31)29-21(19-10-15(30)11-28-19)14-6-8-16(9-7-14)34(32,33)12-13-4-5-13;3-2(4,5)1(6)7/h1-3,6-9,13,15,19,21,28,30H,4-5,10-12H2,(H,29,31);(H,6,7)/t15-,19?,21-;/m1./s1. The number of alkyl halides is 6. The van der Waals surface area contributed by atoms with Crippen molar-refractivity contribution in [3.8, 4) is 0 Å². The highest BCUT2D eigenvalue weighted by atomic mass is 35.5. The number of carbonyl (C=O) groups is 2. The Labute approximate surface area is 235 Å². The van der Waals surface area contributed by atoms with Crippen LogP contribution in [0.5, 0.6) is 0 Å². The highest BCUT2D eigenvalue weighted by Gasteiger charge is 2.38. The van der Waals surface area contributed by atoms with Gasteiger partial charge in [0.2, 0.25) is 0 Å². The Morgan fingerprint density at radius 1 is 1.07 bits per heavy atom. The van der Waals surface area contributed by atoms with Crippen molar-refractivity contribution in [2.75, 3.05) is 12.3 Å². The van der Waals surface area contributed by atoms with Gasteiger partial charge < -0.3 is 25.6 Å². The molecule has 2 aromatic rings. The van der Waals surface area contributed by atoms with Crippen LogP contribution >= 0.6 is 11.6 Å². The number of benzene rings is 2. The lowest BCUT2D eigenvalue weighted by Gasteiger charge is -2.24. The van der Waals surface area contributed by atoms with E-state index in [1.165, 1.54) is 18.2 Å². The molecule has 1 amide bonds. The van der Waals surface area contributed by atoms with Crippen molar-refractivity contribution in [1.29, 1.82) is 0 Å². The summed E-state index contributed by atoms with van der Waals surface area (Å²) in [4.78, 5) is 22.0. The number of rotatable bonds is 7. The minimum Gasteiger partial charge on any atom is -0.542 e. The molecule has 0 bridgehead atoms. The van der Waals surface area contributed by atoms with Crippen molar-refractivity contribution < 1.29 is 59.9 Å². The molecule has 1 aliphatic heterocycles. The second kappa shape index (κ2) is 12.5. The topological polar surface area (TPSA) is 140 Å². The number of quaternary nitrogens is 1. The van der Waals surface area contributed by atoms with Crippen LogP contribution in [0.1, 0.15) is 46.8 Å². The fourth-order valence-corrected chi connectivity index (χ4v) is 6.28. The molecule has 2 fully saturated rings. The quantitative estimate of drug-likeness (QED) is 0.400. The first kappa shape index (κ1) is 32.6. The zero-order valence-corrected chi connectivity index (χ0v) is 22.6. The second-order valence-electron chi connectivity index (χ2n) is 9.72. The summed E-state index contributed by atoms with van der Waals surface area (Å²) in [7, 11) is -3.42. The zero-order valence-electron chi connectivity index (χ0n) is 21.0. The Bertz CT molecular complexity index is 1360. The molecule has 4 N–H and O–H groups in total. The molecule has 1 unspecified atom stereocenters. The van der Waals surface area contributed by atoms with E-state index in [9.17, 15) is 44.7 Å². The average molecular weight is 631 g/mol. The third kappa shape index (κ3) is 8.80. The van der Waals surface area contributed by atoms with Crippen molar-refractivity contribution in [2.45, 2.75) is 54.7 Å². The van der Waals surface area contributed by atoms with Crippen LogP contribution in [0, 0.1) is 5.92 Å². The Hall–Kier alpha value is -2.88. The molecule has 8 nitrogen and oxygen atoms in total. The summed E-state index contributed by atoms with van der Waals surface area (Å²) in [6, 6.07) is 8.30. The fraction of sp³-hybridized carbons (Fsp3) is 0.440. The second-order valence-corrected chi connectivity index (χ2v) is 12.1. The smallest absolute Gasteiger partial charge is 0.430 e. The van der Waals surface area contributed by atoms with Crippen LogP contribution in [-0.4, -0.2) is 56.0 Å². The normalized spacial score (nSPS) is 20.1. The average Bonchev–Trinajstić information content (AvgIpc) is 3.57. The molecular weight excluding hydrogens is 606 g/mol. The summed E-state index contributed by atoms with van der Waals surface area (Å²) in [6.07, 6.45) is -8.34. The van der Waals surface area contributed by atoms with Crippen molar-refractivity contribution in [3.05, 3.63) is 64.2 Å². The first-order valence-corrected chi connectivity index (χ1v) is 14.2. The number of nitrogens with two attached hydrogens (primary N) is 1. The number of hydrogen-bond donors (Lipinski definition) is 3. The van der Waals surface area contributed by atoms with E-state index < -0.39 is 56.8 Å². The molecule has 0 spiro atoms. The number of nitrogens with one attached hydrogen (secondary N) is 1. The predicted molar refractivity (Wildman–Crippen MR) is 130 cm³/mol. The number of aliphatic hydroxyl groups excluding tert-OH is 1. The fourth-order valence-electron chi connectivity index (χ4n) is 4.27. The highest BCUT2D eigenvalue weighted by Crippen LogP contribution is 2.37. The zero-order chi connectivity index (χ0) is 30.8. The molecular formula is C25H25ClF6N2O6S. The van der Waals surface area contributed by atoms with E-state index in [4.69, 9.17) is 21.5 Å². The first-order valence-electron chi connectivity index (χ1n) is 12.2. The van der Waals surface area contributed by atoms with Crippen molar-refractivity contribution in [3.63, 3.8) is 0 Å². The van der Waals surface area contributed by atoms with Gasteiger partial charge in [0.15, 0.2) is 9.84 Å². The van der Waals surface area contributed by atoms with Gasteiger partial charge in [-0.05, 0) is 48.6 Å². The number of carbonyl (C=O) groups excluding carboxylic acids is 2. The molecule has 3 atom stereocenters. The number of amides is 1. The summed E-state index contributed by atoms with van der Waals surface area (Å²) in [6.45, 7) is 0.412. The van der Waals surface area contributed by atoms with E-state index in [1.54, 1.807) is 12.1 Å². The van der Waals surface area contributed by atoms with Crippen LogP contribution in [0.15, 0.2) is 47.4 Å². The Morgan fingerprint density at radius 3 is 2.12 bits per heavy atom. The molecule has 1 heterocycles. The molecule has 2 aliphatic rings. The van der Waals surface area contributed by atoms with Gasteiger partial charge in [0.25, 0.3) is 5.91 Å². The minimum absolute atomic E-state index is 0.100. The van der Waals surface area contributed by atoms with Crippen LogP contribution in [-0.2, 0) is 20.8 Å². The van der Waals surface area contributed by atoms with Crippen molar-refractivity contribution in [1.82, 2.24) is 5.32 Å².